The number of benzene rings is 1. The molecule has 1 N–H and O–H groups in total. The number of sulfonamides is 1. The molecule has 0 radical (unpaired) electrons. The van der Waals surface area contributed by atoms with E-state index in [0.29, 0.717) is 18.9 Å². The Morgan fingerprint density at radius 3 is 2.78 bits per heavy atom. The van der Waals surface area contributed by atoms with Gasteiger partial charge in [-0.1, -0.05) is 6.08 Å². The van der Waals surface area contributed by atoms with Crippen LogP contribution in [0.15, 0.2) is 29.8 Å². The summed E-state index contributed by atoms with van der Waals surface area (Å²) in [7, 11) is -4.07. The van der Waals surface area contributed by atoms with E-state index in [1.54, 1.807) is 6.92 Å². The molecule has 23 heavy (non-hydrogen) atoms. The van der Waals surface area contributed by atoms with Gasteiger partial charge in [0.2, 0.25) is 10.0 Å². The van der Waals surface area contributed by atoms with Crippen LogP contribution in [0.2, 0.25) is 0 Å². The predicted molar refractivity (Wildman–Crippen MR) is 81.3 cm³/mol. The van der Waals surface area contributed by atoms with E-state index in [2.05, 4.69) is 4.72 Å². The number of hydrogen-bond donors (Lipinski definition) is 1. The second-order valence-corrected chi connectivity index (χ2v) is 6.93. The van der Waals surface area contributed by atoms with Gasteiger partial charge in [-0.3, -0.25) is 4.72 Å². The van der Waals surface area contributed by atoms with Gasteiger partial charge in [0.1, 0.15) is 16.9 Å². The number of halogens is 2. The molecule has 126 valence electrons. The van der Waals surface area contributed by atoms with Crippen LogP contribution in [0.1, 0.15) is 26.2 Å². The topological polar surface area (TPSA) is 72.5 Å². The summed E-state index contributed by atoms with van der Waals surface area (Å²) < 4.78 is 58.5. The van der Waals surface area contributed by atoms with Crippen molar-refractivity contribution in [3.8, 4) is 0 Å². The molecule has 1 atom stereocenters. The Labute approximate surface area is 133 Å². The molecule has 0 unspecified atom stereocenters. The van der Waals surface area contributed by atoms with Gasteiger partial charge in [0.15, 0.2) is 0 Å². The lowest BCUT2D eigenvalue weighted by molar-refractivity contribution is -0.138. The fraction of sp³-hybridized carbons (Fsp3) is 0.400. The highest BCUT2D eigenvalue weighted by Gasteiger charge is 2.35. The third-order valence-electron chi connectivity index (χ3n) is 3.45. The van der Waals surface area contributed by atoms with Crippen LogP contribution in [0.5, 0.6) is 0 Å². The van der Waals surface area contributed by atoms with Crippen molar-refractivity contribution in [3.63, 3.8) is 0 Å². The van der Waals surface area contributed by atoms with E-state index in [0.717, 1.165) is 12.1 Å². The zero-order valence-corrected chi connectivity index (χ0v) is 13.3. The SMILES string of the molecule is CCOC(=O)C1=CCCC[C@H]1S(=O)(=O)Nc1ccc(F)cc1F. The van der Waals surface area contributed by atoms with Crippen LogP contribution in [-0.2, 0) is 19.6 Å². The molecule has 0 amide bonds. The Kier molecular flexibility index (Phi) is 5.35. The fourth-order valence-electron chi connectivity index (χ4n) is 2.40. The number of anilines is 1. The van der Waals surface area contributed by atoms with Crippen LogP contribution in [0.4, 0.5) is 14.5 Å². The zero-order chi connectivity index (χ0) is 17.0. The summed E-state index contributed by atoms with van der Waals surface area (Å²) in [4.78, 5) is 11.9. The van der Waals surface area contributed by atoms with Gasteiger partial charge in [-0.2, -0.15) is 0 Å². The first-order chi connectivity index (χ1) is 10.8. The van der Waals surface area contributed by atoms with Gasteiger partial charge in [0.05, 0.1) is 17.9 Å². The van der Waals surface area contributed by atoms with Crippen LogP contribution in [0.3, 0.4) is 0 Å². The second kappa shape index (κ2) is 7.08. The minimum absolute atomic E-state index is 0.0492. The highest BCUT2D eigenvalue weighted by atomic mass is 32.2. The summed E-state index contributed by atoms with van der Waals surface area (Å²) >= 11 is 0. The molecule has 2 rings (SSSR count). The number of carbonyl (C=O) groups is 1. The van der Waals surface area contributed by atoms with Gasteiger partial charge in [-0.25, -0.2) is 22.0 Å². The quantitative estimate of drug-likeness (QED) is 0.833. The van der Waals surface area contributed by atoms with Crippen molar-refractivity contribution in [1.82, 2.24) is 0 Å². The van der Waals surface area contributed by atoms with E-state index in [4.69, 9.17) is 4.74 Å². The third-order valence-corrected chi connectivity index (χ3v) is 5.19. The minimum Gasteiger partial charge on any atom is -0.463 e. The number of rotatable bonds is 5. The molecule has 0 saturated carbocycles. The van der Waals surface area contributed by atoms with Crippen LogP contribution < -0.4 is 4.72 Å². The largest absolute Gasteiger partial charge is 0.463 e. The normalized spacial score (nSPS) is 18.2. The van der Waals surface area contributed by atoms with Crippen molar-refractivity contribution >= 4 is 21.7 Å². The molecule has 0 aliphatic heterocycles. The average molecular weight is 345 g/mol. The first kappa shape index (κ1) is 17.4. The molecule has 0 heterocycles. The number of ether oxygens (including phenoxy) is 1. The Morgan fingerprint density at radius 2 is 2.13 bits per heavy atom. The minimum atomic E-state index is -4.07. The summed E-state index contributed by atoms with van der Waals surface area (Å²) in [6.07, 6.45) is 2.92. The molecule has 1 aliphatic rings. The van der Waals surface area contributed by atoms with Gasteiger partial charge >= 0.3 is 5.97 Å². The van der Waals surface area contributed by atoms with E-state index < -0.39 is 32.9 Å². The highest BCUT2D eigenvalue weighted by molar-refractivity contribution is 7.93. The lowest BCUT2D eigenvalue weighted by Crippen LogP contribution is -2.34. The number of esters is 1. The van der Waals surface area contributed by atoms with E-state index in [-0.39, 0.29) is 24.3 Å². The van der Waals surface area contributed by atoms with Crippen LogP contribution in [0, 0.1) is 11.6 Å². The summed E-state index contributed by atoms with van der Waals surface area (Å²) in [5, 5.41) is -1.13. The lowest BCUT2D eigenvalue weighted by Gasteiger charge is -2.23. The van der Waals surface area contributed by atoms with E-state index in [9.17, 15) is 22.0 Å². The fourth-order valence-corrected chi connectivity index (χ4v) is 4.01. The van der Waals surface area contributed by atoms with Crippen molar-refractivity contribution in [2.45, 2.75) is 31.4 Å². The van der Waals surface area contributed by atoms with Crippen LogP contribution >= 0.6 is 0 Å². The maximum absolute atomic E-state index is 13.7. The van der Waals surface area contributed by atoms with Gasteiger partial charge in [-0.05, 0) is 38.3 Å². The van der Waals surface area contributed by atoms with Crippen molar-refractivity contribution in [2.24, 2.45) is 0 Å². The molecule has 0 saturated heterocycles. The number of nitrogens with one attached hydrogen (secondary N) is 1. The Bertz CT molecular complexity index is 731. The standard InChI is InChI=1S/C15H17F2NO4S/c1-2-22-15(19)11-5-3-4-6-14(11)23(20,21)18-13-8-7-10(16)9-12(13)17/h5,7-9,14,18H,2-4,6H2,1H3/t14-/m1/s1. The first-order valence-corrected chi connectivity index (χ1v) is 8.73. The van der Waals surface area contributed by atoms with E-state index >= 15 is 0 Å². The lowest BCUT2D eigenvalue weighted by atomic mass is 9.99. The van der Waals surface area contributed by atoms with Crippen LogP contribution in [-0.4, -0.2) is 26.2 Å². The van der Waals surface area contributed by atoms with Crippen molar-refractivity contribution in [1.29, 1.82) is 0 Å². The smallest absolute Gasteiger partial charge is 0.335 e. The molecule has 0 spiro atoms. The number of allylic oxidation sites excluding steroid dienone is 1. The van der Waals surface area contributed by atoms with Crippen LogP contribution in [0.25, 0.3) is 0 Å². The molecule has 5 nitrogen and oxygen atoms in total. The first-order valence-electron chi connectivity index (χ1n) is 7.19. The van der Waals surface area contributed by atoms with Gasteiger partial charge in [0, 0.05) is 6.07 Å². The molecule has 0 aromatic heterocycles. The summed E-state index contributed by atoms with van der Waals surface area (Å²) in [6.45, 7) is 1.75. The molecular weight excluding hydrogens is 328 g/mol. The number of hydrogen-bond acceptors (Lipinski definition) is 4. The third kappa shape index (κ3) is 4.07. The number of carbonyl (C=O) groups excluding carboxylic acids is 1. The maximum Gasteiger partial charge on any atom is 0.335 e. The monoisotopic (exact) mass is 345 g/mol. The van der Waals surface area contributed by atoms with Gasteiger partial charge in [-0.15, -0.1) is 0 Å². The molecule has 1 aromatic rings. The molecule has 0 bridgehead atoms. The van der Waals surface area contributed by atoms with Crippen molar-refractivity contribution in [3.05, 3.63) is 41.5 Å². The van der Waals surface area contributed by atoms with Gasteiger partial charge in [0.25, 0.3) is 0 Å². The van der Waals surface area contributed by atoms with E-state index in [1.165, 1.54) is 6.08 Å². The van der Waals surface area contributed by atoms with Gasteiger partial charge < -0.3 is 4.74 Å². The highest BCUT2D eigenvalue weighted by Crippen LogP contribution is 2.28. The zero-order valence-electron chi connectivity index (χ0n) is 12.5. The molecule has 1 aromatic carbocycles. The van der Waals surface area contributed by atoms with Crippen molar-refractivity contribution in [2.75, 3.05) is 11.3 Å². The average Bonchev–Trinajstić information content (AvgIpc) is 2.50. The molecule has 8 heteroatoms. The van der Waals surface area contributed by atoms with Crippen molar-refractivity contribution < 1.29 is 26.7 Å². The summed E-state index contributed by atoms with van der Waals surface area (Å²) in [5.74, 6) is -2.52. The predicted octanol–water partition coefficient (Wildman–Crippen LogP) is 2.75. The molecular formula is C15H17F2NO4S. The maximum atomic E-state index is 13.7. The molecule has 0 fully saturated rings. The van der Waals surface area contributed by atoms with E-state index in [1.807, 2.05) is 0 Å². The Morgan fingerprint density at radius 1 is 1.39 bits per heavy atom. The summed E-state index contributed by atoms with van der Waals surface area (Å²) in [6, 6.07) is 2.53. The Hall–Kier alpha value is -1.96. The summed E-state index contributed by atoms with van der Waals surface area (Å²) in [5.41, 5.74) is -0.312. The Balaban J connectivity index is 2.28. The second-order valence-electron chi connectivity index (χ2n) is 5.07. The molecule has 1 aliphatic carbocycles.